The number of hydrogen-bond acceptors (Lipinski definition) is 5. The van der Waals surface area contributed by atoms with Gasteiger partial charge in [0.05, 0.1) is 17.8 Å². The number of piperidine rings is 3. The molecule has 6 heteroatoms. The van der Waals surface area contributed by atoms with E-state index in [0.29, 0.717) is 22.4 Å². The number of nitriles is 1. The van der Waals surface area contributed by atoms with Crippen molar-refractivity contribution in [1.82, 2.24) is 15.2 Å². The lowest BCUT2D eigenvalue weighted by Gasteiger charge is -2.49. The summed E-state index contributed by atoms with van der Waals surface area (Å²) in [5, 5.41) is 13.0. The molecule has 1 aromatic carbocycles. The fraction of sp³-hybridized carbons (Fsp3) is 0.421. The van der Waals surface area contributed by atoms with Gasteiger partial charge in [0.1, 0.15) is 9.88 Å². The van der Waals surface area contributed by atoms with E-state index in [1.807, 2.05) is 12.1 Å². The SMILES string of the molecule is C[C@H]1[C@H](NC(=O)c2cnc(-c3cccc(C#N)c3)s2)C2CCN1CC2. The summed E-state index contributed by atoms with van der Waals surface area (Å²) < 4.78 is 0. The van der Waals surface area contributed by atoms with Gasteiger partial charge in [-0.25, -0.2) is 4.98 Å². The Morgan fingerprint density at radius 2 is 2.20 bits per heavy atom. The number of carbonyl (C=O) groups excluding carboxylic acids is 1. The number of fused-ring (bicyclic) bond motifs is 3. The molecule has 1 amide bonds. The van der Waals surface area contributed by atoms with Crippen molar-refractivity contribution in [2.75, 3.05) is 13.1 Å². The summed E-state index contributed by atoms with van der Waals surface area (Å²) in [6.07, 6.45) is 3.98. The highest BCUT2D eigenvalue weighted by molar-refractivity contribution is 7.16. The molecular formula is C19H20N4OS. The number of amides is 1. The zero-order chi connectivity index (χ0) is 17.4. The van der Waals surface area contributed by atoms with Crippen LogP contribution in [0, 0.1) is 17.2 Å². The molecule has 3 saturated heterocycles. The van der Waals surface area contributed by atoms with Gasteiger partial charge in [-0.1, -0.05) is 12.1 Å². The number of hydrogen-bond donors (Lipinski definition) is 1. The molecule has 0 aliphatic carbocycles. The van der Waals surface area contributed by atoms with Crippen LogP contribution >= 0.6 is 11.3 Å². The second kappa shape index (κ2) is 6.58. The molecule has 5 rings (SSSR count). The fourth-order valence-corrected chi connectivity index (χ4v) is 4.82. The van der Waals surface area contributed by atoms with Crippen molar-refractivity contribution < 1.29 is 4.79 Å². The van der Waals surface area contributed by atoms with E-state index in [-0.39, 0.29) is 11.9 Å². The fourth-order valence-electron chi connectivity index (χ4n) is 4.00. The van der Waals surface area contributed by atoms with E-state index in [1.165, 1.54) is 24.2 Å². The minimum atomic E-state index is -0.0363. The Kier molecular flexibility index (Phi) is 4.28. The topological polar surface area (TPSA) is 69.0 Å². The standard InChI is InChI=1S/C19H20N4OS/c1-12-17(14-5-7-23(12)8-6-14)22-18(24)16-11-21-19(25-16)15-4-2-3-13(9-15)10-20/h2-4,9,11-12,14,17H,5-8H2,1H3,(H,22,24)/t12-,17-/m0/s1. The summed E-state index contributed by atoms with van der Waals surface area (Å²) in [5.41, 5.74) is 1.47. The Bertz CT molecular complexity index is 830. The number of nitrogens with zero attached hydrogens (tertiary/aromatic N) is 3. The molecule has 3 aliphatic rings. The molecule has 4 heterocycles. The van der Waals surface area contributed by atoms with E-state index in [1.54, 1.807) is 18.3 Å². The van der Waals surface area contributed by atoms with Crippen molar-refractivity contribution in [3.63, 3.8) is 0 Å². The Labute approximate surface area is 151 Å². The minimum absolute atomic E-state index is 0.0363. The van der Waals surface area contributed by atoms with E-state index in [9.17, 15) is 4.79 Å². The lowest BCUT2D eigenvalue weighted by Crippen LogP contribution is -2.62. The number of carbonyl (C=O) groups is 1. The number of rotatable bonds is 3. The van der Waals surface area contributed by atoms with Crippen LogP contribution in [0.3, 0.4) is 0 Å². The molecule has 1 aromatic heterocycles. The molecule has 25 heavy (non-hydrogen) atoms. The molecule has 1 N–H and O–H groups in total. The molecule has 0 unspecified atom stereocenters. The van der Waals surface area contributed by atoms with E-state index in [0.717, 1.165) is 23.7 Å². The van der Waals surface area contributed by atoms with Crippen molar-refractivity contribution >= 4 is 17.2 Å². The molecule has 2 aromatic rings. The largest absolute Gasteiger partial charge is 0.347 e. The maximum absolute atomic E-state index is 12.7. The molecule has 2 bridgehead atoms. The molecule has 2 atom stereocenters. The third kappa shape index (κ3) is 3.06. The van der Waals surface area contributed by atoms with Crippen LogP contribution < -0.4 is 5.32 Å². The zero-order valence-electron chi connectivity index (χ0n) is 14.1. The Morgan fingerprint density at radius 3 is 2.92 bits per heavy atom. The van der Waals surface area contributed by atoms with E-state index < -0.39 is 0 Å². The molecular weight excluding hydrogens is 332 g/mol. The highest BCUT2D eigenvalue weighted by Gasteiger charge is 2.40. The van der Waals surface area contributed by atoms with Gasteiger partial charge in [-0.15, -0.1) is 11.3 Å². The van der Waals surface area contributed by atoms with E-state index in [4.69, 9.17) is 5.26 Å². The van der Waals surface area contributed by atoms with Gasteiger partial charge in [-0.3, -0.25) is 9.69 Å². The Morgan fingerprint density at radius 1 is 1.40 bits per heavy atom. The van der Waals surface area contributed by atoms with Crippen molar-refractivity contribution in [2.24, 2.45) is 5.92 Å². The van der Waals surface area contributed by atoms with Crippen LogP contribution in [-0.4, -0.2) is 41.0 Å². The summed E-state index contributed by atoms with van der Waals surface area (Å²) in [6, 6.07) is 10.1. The van der Waals surface area contributed by atoms with E-state index in [2.05, 4.69) is 28.2 Å². The number of thiazole rings is 1. The first-order chi connectivity index (χ1) is 12.2. The molecule has 128 valence electrons. The third-order valence-electron chi connectivity index (χ3n) is 5.44. The van der Waals surface area contributed by atoms with Gasteiger partial charge in [0.25, 0.3) is 5.91 Å². The van der Waals surface area contributed by atoms with Crippen LogP contribution in [0.1, 0.15) is 35.0 Å². The normalized spacial score (nSPS) is 27.7. The minimum Gasteiger partial charge on any atom is -0.347 e. The number of aromatic nitrogens is 1. The summed E-state index contributed by atoms with van der Waals surface area (Å²) in [5.74, 6) is 0.550. The maximum atomic E-state index is 12.7. The first-order valence-corrected chi connectivity index (χ1v) is 9.48. The quantitative estimate of drug-likeness (QED) is 0.922. The first kappa shape index (κ1) is 16.2. The molecule has 3 fully saturated rings. The van der Waals surface area contributed by atoms with Crippen LogP contribution in [0.25, 0.3) is 10.6 Å². The van der Waals surface area contributed by atoms with Gasteiger partial charge < -0.3 is 5.32 Å². The molecule has 0 spiro atoms. The highest BCUT2D eigenvalue weighted by atomic mass is 32.1. The van der Waals surface area contributed by atoms with Gasteiger partial charge in [0.15, 0.2) is 0 Å². The smallest absolute Gasteiger partial charge is 0.263 e. The number of nitrogens with one attached hydrogen (secondary N) is 1. The predicted octanol–water partition coefficient (Wildman–Crippen LogP) is 2.89. The van der Waals surface area contributed by atoms with Crippen molar-refractivity contribution in [3.05, 3.63) is 40.9 Å². The molecule has 0 radical (unpaired) electrons. The van der Waals surface area contributed by atoms with Gasteiger partial charge in [-0.05, 0) is 50.9 Å². The zero-order valence-corrected chi connectivity index (χ0v) is 14.9. The van der Waals surface area contributed by atoms with Crippen LogP contribution in [0.5, 0.6) is 0 Å². The molecule has 0 saturated carbocycles. The monoisotopic (exact) mass is 352 g/mol. The lowest BCUT2D eigenvalue weighted by molar-refractivity contribution is 0.0218. The van der Waals surface area contributed by atoms with E-state index >= 15 is 0 Å². The van der Waals surface area contributed by atoms with Crippen molar-refractivity contribution in [3.8, 4) is 16.6 Å². The van der Waals surface area contributed by atoms with Gasteiger partial charge in [0, 0.05) is 17.6 Å². The van der Waals surface area contributed by atoms with Gasteiger partial charge >= 0.3 is 0 Å². The Hall–Kier alpha value is -2.23. The molecule has 3 aliphatic heterocycles. The highest BCUT2D eigenvalue weighted by Crippen LogP contribution is 2.33. The summed E-state index contributed by atoms with van der Waals surface area (Å²) in [4.78, 5) is 20.2. The molecule has 5 nitrogen and oxygen atoms in total. The summed E-state index contributed by atoms with van der Waals surface area (Å²) in [6.45, 7) is 4.51. The first-order valence-electron chi connectivity index (χ1n) is 8.67. The van der Waals surface area contributed by atoms with Crippen LogP contribution in [0.2, 0.25) is 0 Å². The lowest BCUT2D eigenvalue weighted by atomic mass is 9.79. The summed E-state index contributed by atoms with van der Waals surface area (Å²) >= 11 is 1.38. The summed E-state index contributed by atoms with van der Waals surface area (Å²) in [7, 11) is 0. The third-order valence-corrected chi connectivity index (χ3v) is 6.49. The predicted molar refractivity (Wildman–Crippen MR) is 97.3 cm³/mol. The average molecular weight is 352 g/mol. The van der Waals surface area contributed by atoms with Gasteiger partial charge in [0.2, 0.25) is 0 Å². The number of benzene rings is 1. The van der Waals surface area contributed by atoms with Crippen LogP contribution in [0.15, 0.2) is 30.5 Å². The maximum Gasteiger partial charge on any atom is 0.263 e. The van der Waals surface area contributed by atoms with Crippen molar-refractivity contribution in [1.29, 1.82) is 5.26 Å². The second-order valence-electron chi connectivity index (χ2n) is 6.84. The van der Waals surface area contributed by atoms with Crippen LogP contribution in [0.4, 0.5) is 0 Å². The second-order valence-corrected chi connectivity index (χ2v) is 7.87. The van der Waals surface area contributed by atoms with Crippen LogP contribution in [-0.2, 0) is 0 Å². The van der Waals surface area contributed by atoms with Crippen molar-refractivity contribution in [2.45, 2.75) is 31.8 Å². The van der Waals surface area contributed by atoms with Gasteiger partial charge in [-0.2, -0.15) is 5.26 Å². The average Bonchev–Trinajstić information content (AvgIpc) is 3.15. The Balaban J connectivity index is 1.50.